The van der Waals surface area contributed by atoms with Gasteiger partial charge >= 0.3 is 0 Å². The average Bonchev–Trinajstić information content (AvgIpc) is 3.19. The van der Waals surface area contributed by atoms with Crippen LogP contribution in [-0.4, -0.2) is 14.7 Å². The first-order chi connectivity index (χ1) is 13.1. The van der Waals surface area contributed by atoms with Crippen LogP contribution in [0.5, 0.6) is 5.75 Å². The molecular weight excluding hydrogens is 462 g/mol. The van der Waals surface area contributed by atoms with E-state index in [4.69, 9.17) is 15.5 Å². The van der Waals surface area contributed by atoms with Gasteiger partial charge < -0.3 is 21.3 Å². The molecule has 2 heterocycles. The third kappa shape index (κ3) is 5.39. The third-order valence-electron chi connectivity index (χ3n) is 3.46. The molecule has 1 unspecified atom stereocenters. The first-order valence-electron chi connectivity index (χ1n) is 7.55. The maximum Gasteiger partial charge on any atom is 0.250 e. The molecule has 3 aromatic rings. The fourth-order valence-electron chi connectivity index (χ4n) is 2.17. The summed E-state index contributed by atoms with van der Waals surface area (Å²) in [6.07, 6.45) is -1.02. The number of nitrogens with two attached hydrogens (primary N) is 1. The Bertz CT molecular complexity index is 1200. The lowest BCUT2D eigenvalue weighted by molar-refractivity contribution is -0.191. The summed E-state index contributed by atoms with van der Waals surface area (Å²) in [5, 5.41) is 9.37. The highest BCUT2D eigenvalue weighted by atomic mass is 32.2. The van der Waals surface area contributed by atoms with E-state index in [0.29, 0.717) is 11.9 Å². The zero-order valence-corrected chi connectivity index (χ0v) is 18.3. The molecule has 1 aromatic carbocycles. The summed E-state index contributed by atoms with van der Waals surface area (Å²) in [5.41, 5.74) is 5.27. The minimum Gasteiger partial charge on any atom is -0.768 e. The predicted molar refractivity (Wildman–Crippen MR) is 108 cm³/mol. The predicted octanol–water partition coefficient (Wildman–Crippen LogP) is 2.68. The molecule has 1 atom stereocenters. The van der Waals surface area contributed by atoms with E-state index in [1.165, 1.54) is 17.4 Å². The van der Waals surface area contributed by atoms with E-state index in [1.54, 1.807) is 12.1 Å². The summed E-state index contributed by atoms with van der Waals surface area (Å²) in [5.74, 6) is -1.31. The molecule has 0 aliphatic heterocycles. The first-order valence-corrected chi connectivity index (χ1v) is 12.4. The highest BCUT2D eigenvalue weighted by Crippen LogP contribution is 2.39. The van der Waals surface area contributed by atoms with Crippen molar-refractivity contribution < 1.29 is 26.8 Å². The minimum absolute atomic E-state index is 0. The van der Waals surface area contributed by atoms with E-state index < -0.39 is 29.7 Å². The lowest BCUT2D eigenvalue weighted by atomic mass is 10.2. The van der Waals surface area contributed by atoms with Gasteiger partial charge in [0.05, 0.1) is 15.9 Å². The van der Waals surface area contributed by atoms with E-state index in [2.05, 4.69) is 0 Å². The maximum atomic E-state index is 13.5. The largest absolute Gasteiger partial charge is 0.768 e. The molecule has 0 aliphatic rings. The molecule has 0 saturated carbocycles. The van der Waals surface area contributed by atoms with Crippen LogP contribution in [0.3, 0.4) is 0 Å². The van der Waals surface area contributed by atoms with Crippen LogP contribution < -0.4 is 26.0 Å². The Hall–Kier alpha value is -1.88. The molecule has 14 heteroatoms. The third-order valence-corrected chi connectivity index (χ3v) is 9.00. The van der Waals surface area contributed by atoms with E-state index >= 15 is 0 Å². The van der Waals surface area contributed by atoms with Gasteiger partial charge in [0.15, 0.2) is 7.60 Å². The Morgan fingerprint density at radius 1 is 1.31 bits per heavy atom. The Labute approximate surface area is 173 Å². The Balaban J connectivity index is 0.00000300. The Kier molecular flexibility index (Phi) is 7.15. The number of hydrogen-bond acceptors (Lipinski definition) is 9. The molecule has 0 spiro atoms. The van der Waals surface area contributed by atoms with Gasteiger partial charge in [-0.3, -0.25) is 4.57 Å². The SMILES string of the molecule is N#Cc1ccc(OP(=O)([O-])CNS(=O)(=O)c2cc3cc(CN)sc3s2)cc1F.[NH4+]. The Morgan fingerprint density at radius 3 is 2.62 bits per heavy atom. The zero-order chi connectivity index (χ0) is 20.5. The number of halogens is 1. The molecule has 7 N–H and O–H groups in total. The van der Waals surface area contributed by atoms with Crippen molar-refractivity contribution >= 4 is 49.7 Å². The minimum atomic E-state index is -4.71. The van der Waals surface area contributed by atoms with Gasteiger partial charge in [-0.05, 0) is 24.3 Å². The van der Waals surface area contributed by atoms with Crippen molar-refractivity contribution in [1.29, 1.82) is 5.26 Å². The van der Waals surface area contributed by atoms with Crippen LogP contribution in [0, 0.1) is 17.1 Å². The summed E-state index contributed by atoms with van der Waals surface area (Å²) in [6.45, 7) is 0.346. The van der Waals surface area contributed by atoms with Gasteiger partial charge in [0, 0.05) is 22.9 Å². The number of thiophene rings is 2. The maximum absolute atomic E-state index is 13.5. The molecule has 0 aliphatic carbocycles. The smallest absolute Gasteiger partial charge is 0.250 e. The van der Waals surface area contributed by atoms with Gasteiger partial charge in [0.25, 0.3) is 10.0 Å². The van der Waals surface area contributed by atoms with Crippen LogP contribution in [0.2, 0.25) is 0 Å². The number of benzene rings is 1. The first kappa shape index (κ1) is 23.4. The Morgan fingerprint density at radius 2 is 2.03 bits per heavy atom. The van der Waals surface area contributed by atoms with Gasteiger partial charge in [-0.1, -0.05) is 0 Å². The highest BCUT2D eigenvalue weighted by molar-refractivity contribution is 7.92. The van der Waals surface area contributed by atoms with Crippen LogP contribution in [0.4, 0.5) is 4.39 Å². The van der Waals surface area contributed by atoms with E-state index in [-0.39, 0.29) is 21.7 Å². The van der Waals surface area contributed by atoms with Crippen molar-refractivity contribution in [2.45, 2.75) is 10.8 Å². The van der Waals surface area contributed by atoms with Crippen molar-refractivity contribution in [3.05, 3.63) is 46.6 Å². The number of nitrogens with zero attached hydrogens (tertiary/aromatic N) is 1. The second kappa shape index (κ2) is 8.86. The number of nitrogens with one attached hydrogen (secondary N) is 1. The molecule has 0 bridgehead atoms. The summed E-state index contributed by atoms with van der Waals surface area (Å²) >= 11 is 2.37. The lowest BCUT2D eigenvalue weighted by Gasteiger charge is -2.24. The molecule has 0 amide bonds. The standard InChI is InChI=1S/C15H13FN3O5PS3.H3N/c16-13-5-11(2-1-9(13)6-17)24-25(20,21)8-19-28(22,23)14-4-10-3-12(7-18)26-15(10)27-14;/h1-5,19H,7-8,18H2,(H,20,21);1H3. The molecule has 0 fully saturated rings. The quantitative estimate of drug-likeness (QED) is 0.436. The number of quaternary nitrogens is 1. The molecule has 0 saturated heterocycles. The lowest BCUT2D eigenvalue weighted by Crippen LogP contribution is -2.28. The van der Waals surface area contributed by atoms with Crippen LogP contribution in [-0.2, 0) is 21.1 Å². The van der Waals surface area contributed by atoms with Crippen LogP contribution >= 0.6 is 30.3 Å². The number of fused-ring (bicyclic) bond motifs is 1. The van der Waals surface area contributed by atoms with Crippen molar-refractivity contribution in [2.24, 2.45) is 5.73 Å². The number of sulfonamides is 1. The zero-order valence-electron chi connectivity index (χ0n) is 14.9. The molecule has 29 heavy (non-hydrogen) atoms. The van der Waals surface area contributed by atoms with Crippen molar-refractivity contribution in [3.63, 3.8) is 0 Å². The highest BCUT2D eigenvalue weighted by Gasteiger charge is 2.22. The van der Waals surface area contributed by atoms with E-state index in [1.807, 2.05) is 4.72 Å². The van der Waals surface area contributed by atoms with Gasteiger partial charge in [-0.25, -0.2) is 17.5 Å². The molecular formula is C15H16FN4O5PS3. The van der Waals surface area contributed by atoms with E-state index in [9.17, 15) is 22.3 Å². The summed E-state index contributed by atoms with van der Waals surface area (Å²) < 4.78 is 57.7. The van der Waals surface area contributed by atoms with Crippen LogP contribution in [0.1, 0.15) is 10.4 Å². The van der Waals surface area contributed by atoms with Crippen molar-refractivity contribution in [1.82, 2.24) is 10.9 Å². The van der Waals surface area contributed by atoms with Gasteiger partial charge in [-0.2, -0.15) is 5.26 Å². The molecule has 9 nitrogen and oxygen atoms in total. The summed E-state index contributed by atoms with van der Waals surface area (Å²) in [6, 6.07) is 7.69. The molecule has 0 radical (unpaired) electrons. The normalized spacial score (nSPS) is 13.4. The fourth-order valence-corrected chi connectivity index (χ4v) is 7.54. The summed E-state index contributed by atoms with van der Waals surface area (Å²) in [7, 11) is -8.79. The molecule has 2 aromatic heterocycles. The second-order valence-electron chi connectivity index (χ2n) is 5.49. The monoisotopic (exact) mass is 478 g/mol. The summed E-state index contributed by atoms with van der Waals surface area (Å²) in [4.78, 5) is 12.9. The number of rotatable bonds is 7. The van der Waals surface area contributed by atoms with Gasteiger partial charge in [0.2, 0.25) is 0 Å². The molecule has 3 rings (SSSR count). The van der Waals surface area contributed by atoms with E-state index in [0.717, 1.165) is 38.4 Å². The van der Waals surface area contributed by atoms with Gasteiger partial charge in [-0.15, -0.1) is 22.7 Å². The van der Waals surface area contributed by atoms with Crippen LogP contribution in [0.15, 0.2) is 34.5 Å². The molecule has 156 valence electrons. The second-order valence-corrected chi connectivity index (χ2v) is 11.6. The van der Waals surface area contributed by atoms with Crippen LogP contribution in [0.25, 0.3) is 9.40 Å². The number of hydrogen-bond donors (Lipinski definition) is 3. The van der Waals surface area contributed by atoms with Crippen molar-refractivity contribution in [3.8, 4) is 11.8 Å². The topological polar surface area (TPSA) is 182 Å². The average molecular weight is 478 g/mol. The van der Waals surface area contributed by atoms with Crippen molar-refractivity contribution in [2.75, 3.05) is 6.29 Å². The van der Waals surface area contributed by atoms with Gasteiger partial charge in [0.1, 0.15) is 21.8 Å². The fraction of sp³-hybridized carbons (Fsp3) is 0.133. The number of nitriles is 1.